The van der Waals surface area contributed by atoms with Crippen molar-refractivity contribution in [2.75, 3.05) is 29.6 Å². The summed E-state index contributed by atoms with van der Waals surface area (Å²) in [5, 5.41) is 13.8. The monoisotopic (exact) mass is 322 g/mol. The molecule has 0 bridgehead atoms. The van der Waals surface area contributed by atoms with Crippen molar-refractivity contribution in [1.29, 1.82) is 0 Å². The quantitative estimate of drug-likeness (QED) is 0.906. The topological polar surface area (TPSA) is 75.1 Å². The van der Waals surface area contributed by atoms with E-state index in [-0.39, 0.29) is 6.04 Å². The smallest absolute Gasteiger partial charge is 0.325 e. The fourth-order valence-electron chi connectivity index (χ4n) is 1.85. The average Bonchev–Trinajstić information content (AvgIpc) is 2.86. The highest BCUT2D eigenvalue weighted by Gasteiger charge is 2.11. The molecule has 0 aliphatic rings. The van der Waals surface area contributed by atoms with Gasteiger partial charge in [-0.2, -0.15) is 0 Å². The Hall–Kier alpha value is -2.28. The first-order chi connectivity index (χ1) is 10.4. The molecule has 1 aromatic heterocycles. The first-order valence-corrected chi connectivity index (χ1v) is 7.21. The molecule has 0 unspecified atom stereocenters. The SMILES string of the molecule is CC(C)n1cc(NC(=O)Nc2cc(Cl)ccc2N(C)C)nn1. The first kappa shape index (κ1) is 16.1. The van der Waals surface area contributed by atoms with Gasteiger partial charge in [0.2, 0.25) is 0 Å². The van der Waals surface area contributed by atoms with E-state index in [9.17, 15) is 4.79 Å². The number of hydrogen-bond acceptors (Lipinski definition) is 4. The zero-order valence-corrected chi connectivity index (χ0v) is 13.7. The zero-order chi connectivity index (χ0) is 16.3. The van der Waals surface area contributed by atoms with Crippen molar-refractivity contribution in [3.05, 3.63) is 29.4 Å². The van der Waals surface area contributed by atoms with Crippen LogP contribution in [-0.2, 0) is 0 Å². The molecule has 0 atom stereocenters. The Morgan fingerprint density at radius 1 is 1.32 bits per heavy atom. The number of urea groups is 1. The van der Waals surface area contributed by atoms with Crippen molar-refractivity contribution < 1.29 is 4.79 Å². The molecule has 0 spiro atoms. The van der Waals surface area contributed by atoms with Crippen LogP contribution in [0, 0.1) is 0 Å². The molecule has 2 aromatic rings. The van der Waals surface area contributed by atoms with Crippen LogP contribution in [0.2, 0.25) is 5.02 Å². The van der Waals surface area contributed by atoms with E-state index in [1.165, 1.54) is 0 Å². The molecule has 0 fully saturated rings. The molecule has 22 heavy (non-hydrogen) atoms. The van der Waals surface area contributed by atoms with Crippen molar-refractivity contribution in [3.8, 4) is 0 Å². The summed E-state index contributed by atoms with van der Waals surface area (Å²) >= 11 is 5.99. The van der Waals surface area contributed by atoms with Gasteiger partial charge in [0.15, 0.2) is 5.82 Å². The summed E-state index contributed by atoms with van der Waals surface area (Å²) in [6.07, 6.45) is 1.68. The summed E-state index contributed by atoms with van der Waals surface area (Å²) in [6.45, 7) is 3.96. The molecule has 0 saturated carbocycles. The molecule has 2 N–H and O–H groups in total. The Morgan fingerprint density at radius 2 is 2.05 bits per heavy atom. The summed E-state index contributed by atoms with van der Waals surface area (Å²) in [7, 11) is 3.78. The first-order valence-electron chi connectivity index (χ1n) is 6.83. The van der Waals surface area contributed by atoms with E-state index in [1.54, 1.807) is 23.0 Å². The van der Waals surface area contributed by atoms with Gasteiger partial charge >= 0.3 is 6.03 Å². The van der Waals surface area contributed by atoms with Gasteiger partial charge in [-0.15, -0.1) is 5.10 Å². The third-order valence-electron chi connectivity index (χ3n) is 2.97. The van der Waals surface area contributed by atoms with Crippen molar-refractivity contribution in [2.24, 2.45) is 0 Å². The Balaban J connectivity index is 2.10. The highest BCUT2D eigenvalue weighted by Crippen LogP contribution is 2.27. The van der Waals surface area contributed by atoms with E-state index in [1.807, 2.05) is 38.9 Å². The second-order valence-corrected chi connectivity index (χ2v) is 5.75. The molecular weight excluding hydrogens is 304 g/mol. The van der Waals surface area contributed by atoms with Crippen LogP contribution < -0.4 is 15.5 Å². The number of carbonyl (C=O) groups is 1. The third kappa shape index (κ3) is 3.88. The number of hydrogen-bond donors (Lipinski definition) is 2. The zero-order valence-electron chi connectivity index (χ0n) is 13.0. The van der Waals surface area contributed by atoms with Crippen LogP contribution in [0.1, 0.15) is 19.9 Å². The summed E-state index contributed by atoms with van der Waals surface area (Å²) in [4.78, 5) is 14.0. The van der Waals surface area contributed by atoms with Crippen molar-refractivity contribution >= 4 is 34.8 Å². The van der Waals surface area contributed by atoms with Crippen LogP contribution in [0.5, 0.6) is 0 Å². The van der Waals surface area contributed by atoms with Gasteiger partial charge in [-0.3, -0.25) is 5.32 Å². The standard InChI is InChI=1S/C14H19ClN6O/c1-9(2)21-8-13(18-19-21)17-14(22)16-11-7-10(15)5-6-12(11)20(3)4/h5-9H,1-4H3,(H2,16,17,22). The number of halogens is 1. The van der Waals surface area contributed by atoms with E-state index in [0.29, 0.717) is 16.5 Å². The van der Waals surface area contributed by atoms with Crippen LogP contribution >= 0.6 is 11.6 Å². The number of amides is 2. The van der Waals surface area contributed by atoms with Crippen LogP contribution in [0.25, 0.3) is 0 Å². The molecule has 7 nitrogen and oxygen atoms in total. The highest BCUT2D eigenvalue weighted by atomic mass is 35.5. The lowest BCUT2D eigenvalue weighted by Crippen LogP contribution is -2.21. The lowest BCUT2D eigenvalue weighted by molar-refractivity contribution is 0.262. The van der Waals surface area contributed by atoms with Gasteiger partial charge in [0, 0.05) is 25.2 Å². The second kappa shape index (κ2) is 6.65. The number of nitrogens with one attached hydrogen (secondary N) is 2. The summed E-state index contributed by atoms with van der Waals surface area (Å²) in [6, 6.07) is 5.09. The van der Waals surface area contributed by atoms with E-state index in [4.69, 9.17) is 11.6 Å². The molecule has 1 heterocycles. The third-order valence-corrected chi connectivity index (χ3v) is 3.20. The molecule has 1 aromatic carbocycles. The normalized spacial score (nSPS) is 10.6. The Morgan fingerprint density at radius 3 is 2.64 bits per heavy atom. The molecular formula is C14H19ClN6O. The minimum atomic E-state index is -0.402. The summed E-state index contributed by atoms with van der Waals surface area (Å²) in [5.74, 6) is 0.389. The van der Waals surface area contributed by atoms with Crippen molar-refractivity contribution in [1.82, 2.24) is 15.0 Å². The molecule has 0 saturated heterocycles. The average molecular weight is 323 g/mol. The van der Waals surface area contributed by atoms with Crippen LogP contribution in [-0.4, -0.2) is 35.1 Å². The van der Waals surface area contributed by atoms with Gasteiger partial charge in [0.05, 0.1) is 17.6 Å². The Bertz CT molecular complexity index is 667. The van der Waals surface area contributed by atoms with Crippen LogP contribution in [0.15, 0.2) is 24.4 Å². The van der Waals surface area contributed by atoms with Crippen molar-refractivity contribution in [2.45, 2.75) is 19.9 Å². The molecule has 0 aliphatic carbocycles. The van der Waals surface area contributed by atoms with Gasteiger partial charge in [0.1, 0.15) is 0 Å². The van der Waals surface area contributed by atoms with E-state index >= 15 is 0 Å². The number of benzene rings is 1. The number of anilines is 3. The maximum Gasteiger partial charge on any atom is 0.325 e. The van der Waals surface area contributed by atoms with Crippen LogP contribution in [0.3, 0.4) is 0 Å². The van der Waals surface area contributed by atoms with Gasteiger partial charge in [0.25, 0.3) is 0 Å². The fourth-order valence-corrected chi connectivity index (χ4v) is 2.03. The lowest BCUT2D eigenvalue weighted by Gasteiger charge is -2.18. The Kier molecular flexibility index (Phi) is 4.87. The lowest BCUT2D eigenvalue weighted by atomic mass is 10.2. The molecule has 0 radical (unpaired) electrons. The highest BCUT2D eigenvalue weighted by molar-refractivity contribution is 6.31. The fraction of sp³-hybridized carbons (Fsp3) is 0.357. The van der Waals surface area contributed by atoms with Gasteiger partial charge in [-0.05, 0) is 32.0 Å². The number of nitrogens with zero attached hydrogens (tertiary/aromatic N) is 4. The predicted molar refractivity (Wildman–Crippen MR) is 88.8 cm³/mol. The van der Waals surface area contributed by atoms with Crippen LogP contribution in [0.4, 0.5) is 22.0 Å². The minimum absolute atomic E-state index is 0.180. The van der Waals surface area contributed by atoms with Gasteiger partial charge in [-0.1, -0.05) is 16.8 Å². The largest absolute Gasteiger partial charge is 0.376 e. The molecule has 0 aliphatic heterocycles. The minimum Gasteiger partial charge on any atom is -0.376 e. The van der Waals surface area contributed by atoms with Crippen molar-refractivity contribution in [3.63, 3.8) is 0 Å². The molecule has 8 heteroatoms. The van der Waals surface area contributed by atoms with Gasteiger partial charge < -0.3 is 10.2 Å². The Labute approximate surface area is 134 Å². The molecule has 2 amide bonds. The maximum absolute atomic E-state index is 12.1. The second-order valence-electron chi connectivity index (χ2n) is 5.31. The van der Waals surface area contributed by atoms with E-state index in [2.05, 4.69) is 20.9 Å². The number of rotatable bonds is 4. The molecule has 118 valence electrons. The maximum atomic E-state index is 12.1. The number of aromatic nitrogens is 3. The summed E-state index contributed by atoms with van der Waals surface area (Å²) < 4.78 is 1.67. The summed E-state index contributed by atoms with van der Waals surface area (Å²) in [5.41, 5.74) is 1.47. The van der Waals surface area contributed by atoms with E-state index < -0.39 is 6.03 Å². The predicted octanol–water partition coefficient (Wildman–Crippen LogP) is 3.22. The van der Waals surface area contributed by atoms with E-state index in [0.717, 1.165) is 5.69 Å². The number of carbonyl (C=O) groups excluding carboxylic acids is 1. The van der Waals surface area contributed by atoms with Gasteiger partial charge in [-0.25, -0.2) is 9.48 Å². The molecule has 2 rings (SSSR count).